The molecule has 1 aliphatic rings. The smallest absolute Gasteiger partial charge is 0.235 e. The second-order valence-electron chi connectivity index (χ2n) is 1.57. The summed E-state index contributed by atoms with van der Waals surface area (Å²) in [6.45, 7) is 0.430. The predicted octanol–water partition coefficient (Wildman–Crippen LogP) is -0.901. The van der Waals surface area contributed by atoms with Crippen LogP contribution in [0.25, 0.3) is 0 Å². The quantitative estimate of drug-likeness (QED) is 0.453. The lowest BCUT2D eigenvalue weighted by Gasteiger charge is -2.09. The highest BCUT2D eigenvalue weighted by Crippen LogP contribution is 2.07. The van der Waals surface area contributed by atoms with Gasteiger partial charge in [-0.2, -0.15) is 5.06 Å². The highest BCUT2D eigenvalue weighted by molar-refractivity contribution is 5.45. The zero-order chi connectivity index (χ0) is 5.98. The van der Waals surface area contributed by atoms with E-state index in [0.717, 1.165) is 5.06 Å². The third kappa shape index (κ3) is 0.801. The molecule has 0 radical (unpaired) electrons. The number of carbonyl (C=O) groups excluding carboxylic acids is 1. The van der Waals surface area contributed by atoms with Crippen molar-refractivity contribution in [2.24, 2.45) is 0 Å². The molecule has 0 saturated carbocycles. The van der Waals surface area contributed by atoms with Gasteiger partial charge in [-0.1, -0.05) is 0 Å². The maximum absolute atomic E-state index is 9.86. The summed E-state index contributed by atoms with van der Waals surface area (Å²) < 4.78 is 0. The van der Waals surface area contributed by atoms with E-state index < -0.39 is 6.23 Å². The molecule has 46 valence electrons. The Balaban J connectivity index is 2.41. The van der Waals surface area contributed by atoms with Gasteiger partial charge in [0.15, 0.2) is 6.23 Å². The Bertz CT molecular complexity index is 95.3. The van der Waals surface area contributed by atoms with Crippen LogP contribution in [0.5, 0.6) is 0 Å². The first-order valence-electron chi connectivity index (χ1n) is 2.39. The molecule has 0 bridgehead atoms. The van der Waals surface area contributed by atoms with Gasteiger partial charge in [-0.25, -0.2) is 0 Å². The third-order valence-corrected chi connectivity index (χ3v) is 1.01. The number of hydrogen-bond donors (Lipinski definition) is 1. The summed E-state index contributed by atoms with van der Waals surface area (Å²) in [4.78, 5) is 14.5. The third-order valence-electron chi connectivity index (χ3n) is 1.01. The summed E-state index contributed by atoms with van der Waals surface area (Å²) in [5, 5.41) is 9.66. The normalized spacial score (nSPS) is 28.6. The first kappa shape index (κ1) is 5.53. The molecule has 1 aliphatic heterocycles. The number of nitrogens with zero attached hydrogens (tertiary/aromatic N) is 1. The van der Waals surface area contributed by atoms with E-state index in [9.17, 15) is 4.79 Å². The topological polar surface area (TPSA) is 49.8 Å². The van der Waals surface area contributed by atoms with Gasteiger partial charge >= 0.3 is 0 Å². The van der Waals surface area contributed by atoms with Gasteiger partial charge < -0.3 is 5.11 Å². The number of carbonyl (C=O) groups is 1. The highest BCUT2D eigenvalue weighted by Gasteiger charge is 2.20. The number of rotatable bonds is 1. The Morgan fingerprint density at radius 3 is 2.88 bits per heavy atom. The monoisotopic (exact) mass is 117 g/mol. The first-order chi connectivity index (χ1) is 3.84. The van der Waals surface area contributed by atoms with E-state index in [4.69, 9.17) is 5.11 Å². The SMILES string of the molecule is O=CN1OCCC1O. The van der Waals surface area contributed by atoms with Gasteiger partial charge in [-0.15, -0.1) is 0 Å². The molecule has 1 saturated heterocycles. The van der Waals surface area contributed by atoms with Crippen molar-refractivity contribution in [3.8, 4) is 0 Å². The summed E-state index contributed by atoms with van der Waals surface area (Å²) in [5.74, 6) is 0. The van der Waals surface area contributed by atoms with Gasteiger partial charge in [0.1, 0.15) is 0 Å². The Hall–Kier alpha value is -0.610. The first-order valence-corrected chi connectivity index (χ1v) is 2.39. The van der Waals surface area contributed by atoms with Crippen molar-refractivity contribution in [2.75, 3.05) is 6.61 Å². The molecule has 0 spiro atoms. The van der Waals surface area contributed by atoms with Crippen molar-refractivity contribution in [2.45, 2.75) is 12.6 Å². The minimum atomic E-state index is -0.729. The zero-order valence-corrected chi connectivity index (χ0v) is 4.28. The molecule has 1 amide bonds. The van der Waals surface area contributed by atoms with Gasteiger partial charge in [-0.3, -0.25) is 9.63 Å². The molecule has 8 heavy (non-hydrogen) atoms. The Morgan fingerprint density at radius 2 is 2.62 bits per heavy atom. The van der Waals surface area contributed by atoms with E-state index in [2.05, 4.69) is 4.84 Å². The van der Waals surface area contributed by atoms with Crippen LogP contribution in [0.3, 0.4) is 0 Å². The van der Waals surface area contributed by atoms with Crippen molar-refractivity contribution in [3.63, 3.8) is 0 Å². The molecule has 1 N–H and O–H groups in total. The van der Waals surface area contributed by atoms with Gasteiger partial charge in [0.25, 0.3) is 0 Å². The molecule has 1 atom stereocenters. The lowest BCUT2D eigenvalue weighted by atomic mass is 10.4. The van der Waals surface area contributed by atoms with Crippen molar-refractivity contribution in [1.82, 2.24) is 5.06 Å². The molecule has 1 heterocycles. The van der Waals surface area contributed by atoms with E-state index in [1.807, 2.05) is 0 Å². The standard InChI is InChI=1S/C4H7NO3/c6-3-5-4(7)1-2-8-5/h3-4,7H,1-2H2. The van der Waals surface area contributed by atoms with Crippen molar-refractivity contribution in [3.05, 3.63) is 0 Å². The van der Waals surface area contributed by atoms with Gasteiger partial charge in [-0.05, 0) is 0 Å². The fourth-order valence-corrected chi connectivity index (χ4v) is 0.577. The molecule has 0 aliphatic carbocycles. The van der Waals surface area contributed by atoms with E-state index in [1.54, 1.807) is 0 Å². The van der Waals surface area contributed by atoms with E-state index >= 15 is 0 Å². The molecular formula is C4H7NO3. The summed E-state index contributed by atoms with van der Waals surface area (Å²) in [6.07, 6.45) is 0.253. The molecule has 4 nitrogen and oxygen atoms in total. The number of amides is 1. The van der Waals surface area contributed by atoms with Crippen LogP contribution >= 0.6 is 0 Å². The van der Waals surface area contributed by atoms with Gasteiger partial charge in [0.05, 0.1) is 6.61 Å². The van der Waals surface area contributed by atoms with Crippen molar-refractivity contribution < 1.29 is 14.7 Å². The van der Waals surface area contributed by atoms with Crippen LogP contribution in [0.4, 0.5) is 0 Å². The van der Waals surface area contributed by atoms with Crippen molar-refractivity contribution >= 4 is 6.41 Å². The van der Waals surface area contributed by atoms with E-state index in [0.29, 0.717) is 19.4 Å². The summed E-state index contributed by atoms with van der Waals surface area (Å²) in [6, 6.07) is 0. The minimum absolute atomic E-state index is 0.430. The predicted molar refractivity (Wildman–Crippen MR) is 24.5 cm³/mol. The van der Waals surface area contributed by atoms with Crippen LogP contribution in [0.1, 0.15) is 6.42 Å². The zero-order valence-electron chi connectivity index (χ0n) is 4.28. The number of aliphatic hydroxyl groups excluding tert-OH is 1. The summed E-state index contributed by atoms with van der Waals surface area (Å²) >= 11 is 0. The van der Waals surface area contributed by atoms with Crippen LogP contribution in [-0.4, -0.2) is 29.4 Å². The maximum atomic E-state index is 9.86. The molecule has 0 aromatic carbocycles. The Morgan fingerprint density at radius 1 is 1.88 bits per heavy atom. The number of aliphatic hydroxyl groups is 1. The van der Waals surface area contributed by atoms with Gasteiger partial charge in [0, 0.05) is 6.42 Å². The average molecular weight is 117 g/mol. The molecule has 1 fully saturated rings. The highest BCUT2D eigenvalue weighted by atomic mass is 16.7. The Labute approximate surface area is 46.6 Å². The van der Waals surface area contributed by atoms with Gasteiger partial charge in [0.2, 0.25) is 6.41 Å². The summed E-state index contributed by atoms with van der Waals surface area (Å²) in [7, 11) is 0. The molecule has 1 rings (SSSR count). The van der Waals surface area contributed by atoms with Crippen LogP contribution < -0.4 is 0 Å². The fourth-order valence-electron chi connectivity index (χ4n) is 0.577. The van der Waals surface area contributed by atoms with E-state index in [1.165, 1.54) is 0 Å². The molecule has 0 aromatic rings. The number of hydroxylamine groups is 2. The molecule has 0 aromatic heterocycles. The molecule has 1 unspecified atom stereocenters. The minimum Gasteiger partial charge on any atom is -0.371 e. The van der Waals surface area contributed by atoms with Crippen molar-refractivity contribution in [1.29, 1.82) is 0 Å². The fraction of sp³-hybridized carbons (Fsp3) is 0.750. The van der Waals surface area contributed by atoms with Crippen LogP contribution in [-0.2, 0) is 9.63 Å². The second-order valence-corrected chi connectivity index (χ2v) is 1.57. The average Bonchev–Trinajstić information content (AvgIpc) is 2.14. The maximum Gasteiger partial charge on any atom is 0.235 e. The van der Waals surface area contributed by atoms with E-state index in [-0.39, 0.29) is 0 Å². The van der Waals surface area contributed by atoms with Crippen LogP contribution in [0.2, 0.25) is 0 Å². The molecular weight excluding hydrogens is 110 g/mol. The lowest BCUT2D eigenvalue weighted by molar-refractivity contribution is -0.182. The van der Waals surface area contributed by atoms with Crippen LogP contribution in [0.15, 0.2) is 0 Å². The second kappa shape index (κ2) is 2.11. The van der Waals surface area contributed by atoms with Crippen LogP contribution in [0, 0.1) is 0 Å². The number of hydrogen-bond acceptors (Lipinski definition) is 3. The largest absolute Gasteiger partial charge is 0.371 e. The molecule has 4 heteroatoms. The lowest BCUT2D eigenvalue weighted by Crippen LogP contribution is -2.25. The Kier molecular flexibility index (Phi) is 1.45. The summed E-state index contributed by atoms with van der Waals surface area (Å²) in [5.41, 5.74) is 0.